The molecule has 0 radical (unpaired) electrons. The lowest BCUT2D eigenvalue weighted by Gasteiger charge is -2.08. The summed E-state index contributed by atoms with van der Waals surface area (Å²) in [6.07, 6.45) is 3.66. The lowest BCUT2D eigenvalue weighted by atomic mass is 10.3. The zero-order valence-corrected chi connectivity index (χ0v) is 18.3. The molecule has 3 N–H and O–H groups in total. The van der Waals surface area contributed by atoms with Crippen LogP contribution in [0, 0.1) is 0 Å². The highest BCUT2D eigenvalue weighted by molar-refractivity contribution is 7.99. The van der Waals surface area contributed by atoms with Crippen molar-refractivity contribution in [3.63, 3.8) is 0 Å². The summed E-state index contributed by atoms with van der Waals surface area (Å²) in [6.45, 7) is -0.201. The molecule has 0 spiro atoms. The van der Waals surface area contributed by atoms with Crippen molar-refractivity contribution in [1.82, 2.24) is 9.78 Å². The standard InChI is InChI=1S/C19H20N4O3S3/c1-27-14-8-6-7-13(11-14)21-16(24)12-23-18(20)17(19(22-23)28-2)29(25,26)15-9-4-3-5-10-15/h3-11H,12,20H2,1-2H3,(H,21,24). The summed E-state index contributed by atoms with van der Waals surface area (Å²) in [6, 6.07) is 15.4. The molecule has 1 aromatic heterocycles. The molecule has 0 saturated carbocycles. The van der Waals surface area contributed by atoms with Crippen LogP contribution >= 0.6 is 23.5 Å². The molecular formula is C19H20N4O3S3. The zero-order chi connectivity index (χ0) is 21.0. The lowest BCUT2D eigenvalue weighted by molar-refractivity contribution is -0.116. The van der Waals surface area contributed by atoms with Crippen molar-refractivity contribution in [3.8, 4) is 0 Å². The molecule has 1 amide bonds. The van der Waals surface area contributed by atoms with Gasteiger partial charge in [0.05, 0.1) is 4.90 Å². The molecule has 10 heteroatoms. The van der Waals surface area contributed by atoms with Gasteiger partial charge in [-0.1, -0.05) is 24.3 Å². The Bertz CT molecular complexity index is 1130. The molecule has 3 rings (SSSR count). The molecule has 152 valence electrons. The van der Waals surface area contributed by atoms with E-state index < -0.39 is 9.84 Å². The second-order valence-electron chi connectivity index (χ2n) is 5.98. The molecular weight excluding hydrogens is 428 g/mol. The van der Waals surface area contributed by atoms with Gasteiger partial charge in [0.2, 0.25) is 15.7 Å². The maximum Gasteiger partial charge on any atom is 0.246 e. The normalized spacial score (nSPS) is 11.4. The average molecular weight is 449 g/mol. The van der Waals surface area contributed by atoms with E-state index in [1.807, 2.05) is 24.5 Å². The third kappa shape index (κ3) is 4.60. The van der Waals surface area contributed by atoms with E-state index in [0.29, 0.717) is 5.69 Å². The highest BCUT2D eigenvalue weighted by Gasteiger charge is 2.29. The highest BCUT2D eigenvalue weighted by Crippen LogP contribution is 2.33. The van der Waals surface area contributed by atoms with E-state index in [-0.39, 0.29) is 33.1 Å². The Labute approximate surface area is 178 Å². The molecule has 0 bridgehead atoms. The average Bonchev–Trinajstić information content (AvgIpc) is 3.04. The molecule has 1 heterocycles. The summed E-state index contributed by atoms with van der Waals surface area (Å²) in [7, 11) is -3.86. The second-order valence-corrected chi connectivity index (χ2v) is 9.54. The minimum atomic E-state index is -3.86. The number of hydrogen-bond donors (Lipinski definition) is 2. The molecule has 0 atom stereocenters. The van der Waals surface area contributed by atoms with Crippen LogP contribution in [0.5, 0.6) is 0 Å². The van der Waals surface area contributed by atoms with Crippen LogP contribution in [-0.4, -0.2) is 36.6 Å². The molecule has 29 heavy (non-hydrogen) atoms. The van der Waals surface area contributed by atoms with Gasteiger partial charge in [-0.05, 0) is 42.8 Å². The Kier molecular flexibility index (Phi) is 6.56. The van der Waals surface area contributed by atoms with Crippen molar-refractivity contribution in [3.05, 3.63) is 54.6 Å². The summed E-state index contributed by atoms with van der Waals surface area (Å²) < 4.78 is 27.3. The number of carbonyl (C=O) groups excluding carboxylic acids is 1. The summed E-state index contributed by atoms with van der Waals surface area (Å²) in [4.78, 5) is 13.5. The van der Waals surface area contributed by atoms with Gasteiger partial charge in [0.1, 0.15) is 22.3 Å². The monoisotopic (exact) mass is 448 g/mol. The van der Waals surface area contributed by atoms with E-state index in [4.69, 9.17) is 5.73 Å². The first-order valence-corrected chi connectivity index (χ1v) is 12.4. The third-order valence-electron chi connectivity index (χ3n) is 4.08. The first kappa shape index (κ1) is 21.3. The smallest absolute Gasteiger partial charge is 0.246 e. The van der Waals surface area contributed by atoms with Crippen LogP contribution in [0.4, 0.5) is 11.5 Å². The van der Waals surface area contributed by atoms with Crippen LogP contribution < -0.4 is 11.1 Å². The Morgan fingerprint density at radius 2 is 1.83 bits per heavy atom. The summed E-state index contributed by atoms with van der Waals surface area (Å²) in [5.41, 5.74) is 6.76. The highest BCUT2D eigenvalue weighted by atomic mass is 32.2. The van der Waals surface area contributed by atoms with Gasteiger partial charge in [-0.2, -0.15) is 5.10 Å². The maximum atomic E-state index is 13.0. The molecule has 0 unspecified atom stereocenters. The predicted octanol–water partition coefficient (Wildman–Crippen LogP) is 3.38. The van der Waals surface area contributed by atoms with Crippen molar-refractivity contribution in [1.29, 1.82) is 0 Å². The minimum Gasteiger partial charge on any atom is -0.383 e. The van der Waals surface area contributed by atoms with Crippen molar-refractivity contribution in [2.45, 2.75) is 26.3 Å². The molecule has 0 fully saturated rings. The Hall–Kier alpha value is -2.43. The van der Waals surface area contributed by atoms with Gasteiger partial charge in [-0.15, -0.1) is 23.5 Å². The second kappa shape index (κ2) is 8.93. The summed E-state index contributed by atoms with van der Waals surface area (Å²) in [5.74, 6) is -0.417. The van der Waals surface area contributed by atoms with Crippen LogP contribution in [0.25, 0.3) is 0 Å². The van der Waals surface area contributed by atoms with Gasteiger partial charge >= 0.3 is 0 Å². The quantitative estimate of drug-likeness (QED) is 0.534. The number of rotatable bonds is 7. The van der Waals surface area contributed by atoms with Crippen molar-refractivity contribution < 1.29 is 13.2 Å². The van der Waals surface area contributed by atoms with E-state index in [0.717, 1.165) is 16.7 Å². The van der Waals surface area contributed by atoms with Gasteiger partial charge < -0.3 is 11.1 Å². The Morgan fingerprint density at radius 1 is 1.10 bits per heavy atom. The van der Waals surface area contributed by atoms with Crippen LogP contribution in [0.2, 0.25) is 0 Å². The molecule has 2 aromatic carbocycles. The van der Waals surface area contributed by atoms with Crippen molar-refractivity contribution in [2.24, 2.45) is 0 Å². The third-order valence-corrected chi connectivity index (χ3v) is 7.44. The fourth-order valence-corrected chi connectivity index (χ4v) is 5.61. The fourth-order valence-electron chi connectivity index (χ4n) is 2.70. The van der Waals surface area contributed by atoms with Gasteiger partial charge in [0.25, 0.3) is 0 Å². The summed E-state index contributed by atoms with van der Waals surface area (Å²) in [5, 5.41) is 7.28. The van der Waals surface area contributed by atoms with Crippen LogP contribution in [0.15, 0.2) is 74.3 Å². The number of carbonyl (C=O) groups is 1. The Morgan fingerprint density at radius 3 is 2.48 bits per heavy atom. The number of thioether (sulfide) groups is 2. The number of benzene rings is 2. The van der Waals surface area contributed by atoms with Crippen LogP contribution in [0.3, 0.4) is 0 Å². The predicted molar refractivity (Wildman–Crippen MR) is 117 cm³/mol. The number of nitrogen functional groups attached to an aromatic ring is 1. The van der Waals surface area contributed by atoms with E-state index in [2.05, 4.69) is 10.4 Å². The molecule has 3 aromatic rings. The first-order chi connectivity index (χ1) is 13.9. The minimum absolute atomic E-state index is 0.0637. The zero-order valence-electron chi connectivity index (χ0n) is 15.8. The van der Waals surface area contributed by atoms with Gasteiger partial charge in [0, 0.05) is 10.6 Å². The van der Waals surface area contributed by atoms with Crippen molar-refractivity contribution >= 4 is 50.8 Å². The molecule has 0 aliphatic rings. The number of nitrogens with two attached hydrogens (primary N) is 1. The largest absolute Gasteiger partial charge is 0.383 e. The van der Waals surface area contributed by atoms with E-state index in [9.17, 15) is 13.2 Å². The molecule has 0 aliphatic carbocycles. The number of aromatic nitrogens is 2. The lowest BCUT2D eigenvalue weighted by Crippen LogP contribution is -2.21. The Balaban J connectivity index is 1.89. The number of amides is 1. The summed E-state index contributed by atoms with van der Waals surface area (Å²) >= 11 is 2.73. The molecule has 7 nitrogen and oxygen atoms in total. The van der Waals surface area contributed by atoms with Crippen LogP contribution in [-0.2, 0) is 21.2 Å². The fraction of sp³-hybridized carbons (Fsp3) is 0.158. The van der Waals surface area contributed by atoms with Crippen LogP contribution in [0.1, 0.15) is 0 Å². The number of nitrogens with zero attached hydrogens (tertiary/aromatic N) is 2. The maximum absolute atomic E-state index is 13.0. The van der Waals surface area contributed by atoms with E-state index in [1.54, 1.807) is 42.3 Å². The number of hydrogen-bond acceptors (Lipinski definition) is 7. The van der Waals surface area contributed by atoms with Gasteiger partial charge in [0.15, 0.2) is 0 Å². The topological polar surface area (TPSA) is 107 Å². The van der Waals surface area contributed by atoms with Gasteiger partial charge in [-0.3, -0.25) is 4.79 Å². The van der Waals surface area contributed by atoms with E-state index in [1.165, 1.54) is 16.8 Å². The number of nitrogens with one attached hydrogen (secondary N) is 1. The SMILES string of the molecule is CSc1cccc(NC(=O)Cn2nc(SC)c(S(=O)(=O)c3ccccc3)c2N)c1. The molecule has 0 saturated heterocycles. The number of anilines is 2. The molecule has 0 aliphatic heterocycles. The van der Waals surface area contributed by atoms with Crippen molar-refractivity contribution in [2.75, 3.05) is 23.6 Å². The first-order valence-electron chi connectivity index (χ1n) is 8.51. The van der Waals surface area contributed by atoms with E-state index >= 15 is 0 Å². The van der Waals surface area contributed by atoms with Gasteiger partial charge in [-0.25, -0.2) is 13.1 Å². The number of sulfone groups is 1.